The van der Waals surface area contributed by atoms with Crippen LogP contribution in [0.1, 0.15) is 94.4 Å². The summed E-state index contributed by atoms with van der Waals surface area (Å²) in [5.74, 6) is -1.81. The van der Waals surface area contributed by atoms with Crippen LogP contribution in [-0.4, -0.2) is 82.2 Å². The Morgan fingerprint density at radius 1 is 0.649 bits per heavy atom. The first kappa shape index (κ1) is 45.6. The number of alkyl halides is 1. The standard InChI is InChI=1S/C15H18N2O3.C11H10N2O3.C10H9NO.C6H11BrO2/c1-10(18)14-11-7-5-6-8-12(11)17(16-14)9-13(19)20-15(2,3)4;1-7(14)11-8-4-2-3-5-9(8)13(12-11)6-10(15)16;1-7(12)10-9-5-3-2-4-8(9)6-11-10;1-6(2,3)9-5(8)4-7/h5-8H,9H2,1-4H3;2-5H,6H2,1H3,(H,15,16);2-5H,6H2,1H3;4H2,1-3H3. The fraction of sp³-hybridized carbons (Fsp3) is 0.357. The second kappa shape index (κ2) is 19.9. The number of ether oxygens (including phenoxy) is 2. The van der Waals surface area contributed by atoms with Gasteiger partial charge in [-0.3, -0.25) is 43.1 Å². The average molecular weight is 847 g/mol. The highest BCUT2D eigenvalue weighted by atomic mass is 79.9. The first-order valence-electron chi connectivity index (χ1n) is 17.9. The van der Waals surface area contributed by atoms with Gasteiger partial charge >= 0.3 is 17.9 Å². The van der Waals surface area contributed by atoms with Crippen molar-refractivity contribution in [3.63, 3.8) is 0 Å². The predicted octanol–water partition coefficient (Wildman–Crippen LogP) is 7.21. The van der Waals surface area contributed by atoms with E-state index in [9.17, 15) is 28.8 Å². The summed E-state index contributed by atoms with van der Waals surface area (Å²) in [6.07, 6.45) is 0. The number of esters is 2. The fourth-order valence-electron chi connectivity index (χ4n) is 5.45. The van der Waals surface area contributed by atoms with Gasteiger partial charge < -0.3 is 14.6 Å². The summed E-state index contributed by atoms with van der Waals surface area (Å²) in [5, 5.41) is 18.7. The molecule has 1 aliphatic heterocycles. The lowest BCUT2D eigenvalue weighted by Crippen LogP contribution is -2.26. The largest absolute Gasteiger partial charge is 0.480 e. The molecule has 0 fully saturated rings. The molecule has 5 aromatic rings. The van der Waals surface area contributed by atoms with Crippen molar-refractivity contribution in [2.24, 2.45) is 4.99 Å². The Balaban J connectivity index is 0.000000212. The number of carbonyl (C=O) groups is 6. The zero-order valence-electron chi connectivity index (χ0n) is 33.6. The van der Waals surface area contributed by atoms with Crippen LogP contribution in [0.4, 0.5) is 0 Å². The molecule has 3 aromatic carbocycles. The Bertz CT molecular complexity index is 2310. The molecule has 1 aliphatic rings. The van der Waals surface area contributed by atoms with Gasteiger partial charge in [0, 0.05) is 37.1 Å². The third kappa shape index (κ3) is 13.7. The number of aromatic nitrogens is 4. The van der Waals surface area contributed by atoms with Gasteiger partial charge in [0.2, 0.25) is 0 Å². The number of halogens is 1. The number of carbonyl (C=O) groups excluding carboxylic acids is 5. The predicted molar refractivity (Wildman–Crippen MR) is 220 cm³/mol. The molecule has 0 saturated heterocycles. The molecule has 2 aromatic heterocycles. The summed E-state index contributed by atoms with van der Waals surface area (Å²) in [6.45, 7) is 15.8. The minimum atomic E-state index is -0.983. The SMILES string of the molecule is CC(=O)C1=NCc2ccccc21.CC(=O)c1nn(CC(=O)O)c2ccccc12.CC(=O)c1nn(CC(=O)OC(C)(C)C)c2ccccc12.CC(C)(C)OC(=O)CBr. The molecule has 0 radical (unpaired) electrons. The van der Waals surface area contributed by atoms with Crippen LogP contribution in [0.3, 0.4) is 0 Å². The van der Waals surface area contributed by atoms with Gasteiger partial charge in [-0.1, -0.05) is 76.6 Å². The molecule has 57 heavy (non-hydrogen) atoms. The summed E-state index contributed by atoms with van der Waals surface area (Å²) in [7, 11) is 0. The summed E-state index contributed by atoms with van der Waals surface area (Å²) in [4.78, 5) is 71.3. The van der Waals surface area contributed by atoms with E-state index in [1.165, 1.54) is 23.2 Å². The Morgan fingerprint density at radius 3 is 1.51 bits per heavy atom. The number of carboxylic acid groups (broad SMARTS) is 1. The second-order valence-electron chi connectivity index (χ2n) is 14.7. The van der Waals surface area contributed by atoms with Crippen LogP contribution >= 0.6 is 15.9 Å². The van der Waals surface area contributed by atoms with Gasteiger partial charge in [-0.05, 0) is 59.2 Å². The molecule has 0 spiro atoms. The number of hydrogen-bond acceptors (Lipinski definition) is 11. The molecular weight excluding hydrogens is 798 g/mol. The number of carboxylic acids is 1. The van der Waals surface area contributed by atoms with E-state index in [-0.39, 0.29) is 53.3 Å². The van der Waals surface area contributed by atoms with E-state index in [0.29, 0.717) is 34.5 Å². The van der Waals surface area contributed by atoms with Gasteiger partial charge in [0.05, 0.1) is 17.6 Å². The maximum Gasteiger partial charge on any atom is 0.328 e. The van der Waals surface area contributed by atoms with Gasteiger partial charge in [0.15, 0.2) is 17.3 Å². The quantitative estimate of drug-likeness (QED) is 0.0944. The molecule has 0 unspecified atom stereocenters. The molecule has 14 nitrogen and oxygen atoms in total. The lowest BCUT2D eigenvalue weighted by Gasteiger charge is -2.19. The van der Waals surface area contributed by atoms with Gasteiger partial charge in [-0.15, -0.1) is 0 Å². The Morgan fingerprint density at radius 2 is 1.09 bits per heavy atom. The van der Waals surface area contributed by atoms with Crippen molar-refractivity contribution in [1.29, 1.82) is 0 Å². The summed E-state index contributed by atoms with van der Waals surface area (Å²) in [5.41, 5.74) is 4.01. The van der Waals surface area contributed by atoms with Crippen molar-refractivity contribution in [2.75, 3.05) is 5.33 Å². The Hall–Kier alpha value is -5.83. The molecule has 0 aliphatic carbocycles. The van der Waals surface area contributed by atoms with E-state index in [1.54, 1.807) is 31.2 Å². The summed E-state index contributed by atoms with van der Waals surface area (Å²) < 4.78 is 13.0. The number of para-hydroxylation sites is 2. The van der Waals surface area contributed by atoms with E-state index in [1.807, 2.05) is 90.1 Å². The first-order valence-corrected chi connectivity index (χ1v) is 19.0. The number of nitrogens with zero attached hydrogens (tertiary/aromatic N) is 5. The maximum atomic E-state index is 11.9. The van der Waals surface area contributed by atoms with E-state index >= 15 is 0 Å². The number of Topliss-reactive ketones (excluding diaryl/α,β-unsaturated/α-hetero) is 3. The number of fused-ring (bicyclic) bond motifs is 3. The van der Waals surface area contributed by atoms with Gasteiger partial charge in [0.25, 0.3) is 0 Å². The average Bonchev–Trinajstić information content (AvgIpc) is 3.82. The third-order valence-electron chi connectivity index (χ3n) is 7.51. The minimum Gasteiger partial charge on any atom is -0.480 e. The van der Waals surface area contributed by atoms with Crippen LogP contribution in [-0.2, 0) is 48.3 Å². The number of hydrogen-bond donors (Lipinski definition) is 1. The van der Waals surface area contributed by atoms with Crippen molar-refractivity contribution in [1.82, 2.24) is 19.6 Å². The van der Waals surface area contributed by atoms with Gasteiger partial charge in [-0.2, -0.15) is 10.2 Å². The highest BCUT2D eigenvalue weighted by Gasteiger charge is 2.21. The van der Waals surface area contributed by atoms with Crippen LogP contribution in [0.15, 0.2) is 77.8 Å². The summed E-state index contributed by atoms with van der Waals surface area (Å²) in [6, 6.07) is 22.3. The van der Waals surface area contributed by atoms with Crippen molar-refractivity contribution in [2.45, 2.75) is 93.2 Å². The smallest absolute Gasteiger partial charge is 0.328 e. The lowest BCUT2D eigenvalue weighted by atomic mass is 10.0. The van der Waals surface area contributed by atoms with Gasteiger partial charge in [0.1, 0.15) is 46.7 Å². The Kier molecular flexibility index (Phi) is 15.9. The van der Waals surface area contributed by atoms with E-state index < -0.39 is 11.6 Å². The first-order chi connectivity index (χ1) is 26.6. The van der Waals surface area contributed by atoms with Crippen LogP contribution in [0.2, 0.25) is 0 Å². The van der Waals surface area contributed by atoms with Crippen molar-refractivity contribution in [3.05, 3.63) is 95.3 Å². The normalized spacial score (nSPS) is 11.7. The second-order valence-corrected chi connectivity index (χ2v) is 15.3. The molecule has 15 heteroatoms. The zero-order valence-corrected chi connectivity index (χ0v) is 35.2. The van der Waals surface area contributed by atoms with Crippen molar-refractivity contribution in [3.8, 4) is 0 Å². The molecule has 0 saturated carbocycles. The number of aliphatic imine (C=N–C) groups is 1. The van der Waals surface area contributed by atoms with Crippen molar-refractivity contribution >= 4 is 78.7 Å². The fourth-order valence-corrected chi connectivity index (χ4v) is 5.56. The zero-order chi connectivity index (χ0) is 42.7. The highest BCUT2D eigenvalue weighted by Crippen LogP contribution is 2.21. The monoisotopic (exact) mass is 845 g/mol. The Labute approximate surface area is 339 Å². The molecule has 302 valence electrons. The van der Waals surface area contributed by atoms with Crippen LogP contribution < -0.4 is 0 Å². The molecule has 0 amide bonds. The third-order valence-corrected chi connectivity index (χ3v) is 7.97. The molecule has 3 heterocycles. The molecule has 1 N–H and O–H groups in total. The molecular formula is C42H48BrN5O9. The van der Waals surface area contributed by atoms with E-state index in [0.717, 1.165) is 22.0 Å². The van der Waals surface area contributed by atoms with Crippen molar-refractivity contribution < 1.29 is 43.3 Å². The van der Waals surface area contributed by atoms with Gasteiger partial charge in [-0.25, -0.2) is 0 Å². The number of rotatable bonds is 8. The number of ketones is 3. The molecule has 6 rings (SSSR count). The minimum absolute atomic E-state index is 0.00887. The molecule has 0 atom stereocenters. The topological polar surface area (TPSA) is 189 Å². The van der Waals surface area contributed by atoms with E-state index in [2.05, 4.69) is 31.1 Å². The van der Waals surface area contributed by atoms with Crippen LogP contribution in [0.25, 0.3) is 21.8 Å². The molecule has 0 bridgehead atoms. The lowest BCUT2D eigenvalue weighted by molar-refractivity contribution is -0.156. The summed E-state index contributed by atoms with van der Waals surface area (Å²) >= 11 is 2.99. The van der Waals surface area contributed by atoms with Crippen LogP contribution in [0, 0.1) is 0 Å². The van der Waals surface area contributed by atoms with Crippen LogP contribution in [0.5, 0.6) is 0 Å². The maximum absolute atomic E-state index is 11.9. The van der Waals surface area contributed by atoms with E-state index in [4.69, 9.17) is 14.6 Å². The highest BCUT2D eigenvalue weighted by molar-refractivity contribution is 9.09. The number of aliphatic carboxylic acids is 1. The number of benzene rings is 3.